The third-order valence-electron chi connectivity index (χ3n) is 12.2. The summed E-state index contributed by atoms with van der Waals surface area (Å²) >= 11 is 3.58. The van der Waals surface area contributed by atoms with E-state index in [2.05, 4.69) is 226 Å². The van der Waals surface area contributed by atoms with Crippen LogP contribution in [0.3, 0.4) is 0 Å². The lowest BCUT2D eigenvalue weighted by Gasteiger charge is -2.39. The Morgan fingerprint density at radius 3 is 0.922 bits per heavy atom. The molecule has 8 aromatic carbocycles. The van der Waals surface area contributed by atoms with Gasteiger partial charge in [0.25, 0.3) is 0 Å². The SMILES string of the molecule is c1ccc(N2c3ccccc3N(c3ccc(-c4c5ccccc5c(-c5ccc(N6c7ccccc7N(c7ccccc7)c7ccccc76)s5)c5nccnc45)s3)c3ccccc32)cc1. The highest BCUT2D eigenvalue weighted by Crippen LogP contribution is 2.58. The van der Waals surface area contributed by atoms with Crippen molar-refractivity contribution in [3.63, 3.8) is 0 Å². The molecule has 64 heavy (non-hydrogen) atoms. The summed E-state index contributed by atoms with van der Waals surface area (Å²) < 4.78 is 0. The Labute approximate surface area is 378 Å². The summed E-state index contributed by atoms with van der Waals surface area (Å²) in [5.74, 6) is 0. The average molecular weight is 857 g/mol. The van der Waals surface area contributed by atoms with Crippen LogP contribution in [-0.4, -0.2) is 9.97 Å². The second-order valence-electron chi connectivity index (χ2n) is 15.8. The first-order valence-electron chi connectivity index (χ1n) is 21.3. The molecule has 0 atom stereocenters. The monoisotopic (exact) mass is 856 g/mol. The molecule has 302 valence electrons. The fraction of sp³-hybridized carbons (Fsp3) is 0. The lowest BCUT2D eigenvalue weighted by Crippen LogP contribution is -2.23. The molecule has 0 spiro atoms. The second-order valence-corrected chi connectivity index (χ2v) is 17.9. The molecule has 0 fully saturated rings. The number of anilines is 12. The summed E-state index contributed by atoms with van der Waals surface area (Å²) in [6.45, 7) is 0. The molecular weight excluding hydrogens is 821 g/mol. The zero-order valence-corrected chi connectivity index (χ0v) is 35.9. The summed E-state index contributed by atoms with van der Waals surface area (Å²) in [6.07, 6.45) is 3.66. The number of fused-ring (bicyclic) bond motifs is 6. The highest BCUT2D eigenvalue weighted by molar-refractivity contribution is 7.20. The number of benzene rings is 8. The van der Waals surface area contributed by atoms with Crippen molar-refractivity contribution in [1.82, 2.24) is 9.97 Å². The van der Waals surface area contributed by atoms with Crippen LogP contribution in [-0.2, 0) is 0 Å². The van der Waals surface area contributed by atoms with Crippen molar-refractivity contribution in [2.75, 3.05) is 19.6 Å². The molecule has 0 aliphatic carbocycles. The Balaban J connectivity index is 0.946. The van der Waals surface area contributed by atoms with E-state index in [1.807, 2.05) is 12.4 Å². The van der Waals surface area contributed by atoms with Gasteiger partial charge in [0.15, 0.2) is 0 Å². The number of aromatic nitrogens is 2. The minimum Gasteiger partial charge on any atom is -0.306 e. The van der Waals surface area contributed by atoms with Gasteiger partial charge in [-0.15, -0.1) is 22.7 Å². The van der Waals surface area contributed by atoms with Gasteiger partial charge in [-0.3, -0.25) is 19.8 Å². The van der Waals surface area contributed by atoms with Gasteiger partial charge >= 0.3 is 0 Å². The van der Waals surface area contributed by atoms with Gasteiger partial charge in [-0.05, 0) is 108 Å². The molecule has 3 aromatic heterocycles. The summed E-state index contributed by atoms with van der Waals surface area (Å²) in [6, 6.07) is 73.8. The van der Waals surface area contributed by atoms with E-state index >= 15 is 0 Å². The van der Waals surface area contributed by atoms with Crippen molar-refractivity contribution < 1.29 is 0 Å². The normalized spacial score (nSPS) is 12.9. The van der Waals surface area contributed by atoms with Crippen molar-refractivity contribution in [3.8, 4) is 20.9 Å². The molecule has 0 N–H and O–H groups in total. The third kappa shape index (κ3) is 5.63. The summed E-state index contributed by atoms with van der Waals surface area (Å²) in [5.41, 5.74) is 15.3. The number of hydrogen-bond donors (Lipinski definition) is 0. The number of thiophene rings is 2. The Hall–Kier alpha value is -8.04. The van der Waals surface area contributed by atoms with E-state index in [0.29, 0.717) is 0 Å². The minimum atomic E-state index is 0.890. The molecule has 2 aliphatic rings. The van der Waals surface area contributed by atoms with Gasteiger partial charge in [0.1, 0.15) is 10.0 Å². The molecule has 6 nitrogen and oxygen atoms in total. The van der Waals surface area contributed by atoms with E-state index in [-0.39, 0.29) is 0 Å². The molecule has 0 amide bonds. The molecule has 2 aliphatic heterocycles. The zero-order valence-electron chi connectivity index (χ0n) is 34.3. The van der Waals surface area contributed by atoms with Gasteiger partial charge in [-0.2, -0.15) is 0 Å². The Kier molecular flexibility index (Phi) is 8.47. The molecule has 0 saturated carbocycles. The van der Waals surface area contributed by atoms with Gasteiger partial charge in [0.2, 0.25) is 0 Å². The maximum absolute atomic E-state index is 5.14. The first-order valence-corrected chi connectivity index (χ1v) is 23.0. The van der Waals surface area contributed by atoms with Crippen LogP contribution in [0.1, 0.15) is 0 Å². The largest absolute Gasteiger partial charge is 0.306 e. The van der Waals surface area contributed by atoms with Gasteiger partial charge in [-0.1, -0.05) is 109 Å². The first kappa shape index (κ1) is 36.6. The lowest BCUT2D eigenvalue weighted by molar-refractivity contribution is 1.18. The highest BCUT2D eigenvalue weighted by Gasteiger charge is 2.33. The highest BCUT2D eigenvalue weighted by atomic mass is 32.1. The van der Waals surface area contributed by atoms with Crippen LogP contribution in [0, 0.1) is 0 Å². The number of hydrogen-bond acceptors (Lipinski definition) is 8. The van der Waals surface area contributed by atoms with Crippen molar-refractivity contribution in [2.45, 2.75) is 0 Å². The van der Waals surface area contributed by atoms with Crippen molar-refractivity contribution >= 4 is 111 Å². The fourth-order valence-electron chi connectivity index (χ4n) is 9.62. The van der Waals surface area contributed by atoms with Crippen LogP contribution in [0.2, 0.25) is 0 Å². The number of para-hydroxylation sites is 10. The van der Waals surface area contributed by atoms with Crippen LogP contribution < -0.4 is 19.6 Å². The zero-order chi connectivity index (χ0) is 42.1. The molecule has 0 saturated heterocycles. The Bertz CT molecular complexity index is 3180. The molecule has 11 aromatic rings. The third-order valence-corrected chi connectivity index (χ3v) is 14.4. The standard InChI is InChI=1S/C56H36N6S2/c1-3-17-37(18-4-1)59-41-23-9-13-27-45(41)61(46-28-14-10-24-42(46)59)51-33-31-49(63-51)53-39-21-7-8-22-40(39)54(56-55(53)57-35-36-58-56)50-32-34-52(64-50)62-47-29-15-11-25-43(47)60(38-19-5-2-6-20-38)44-26-12-16-30-48(44)62/h1-36H. The second kappa shape index (κ2) is 14.8. The predicted octanol–water partition coefficient (Wildman–Crippen LogP) is 16.7. The summed E-state index contributed by atoms with van der Waals surface area (Å²) in [4.78, 5) is 22.1. The van der Waals surface area contributed by atoms with Crippen LogP contribution in [0.25, 0.3) is 42.7 Å². The van der Waals surface area contributed by atoms with E-state index in [1.165, 1.54) is 0 Å². The quantitative estimate of drug-likeness (QED) is 0.155. The van der Waals surface area contributed by atoms with E-state index in [9.17, 15) is 0 Å². The first-order chi connectivity index (χ1) is 31.8. The van der Waals surface area contributed by atoms with Crippen molar-refractivity contribution in [1.29, 1.82) is 0 Å². The molecule has 0 bridgehead atoms. The fourth-order valence-corrected chi connectivity index (χ4v) is 11.8. The predicted molar refractivity (Wildman–Crippen MR) is 270 cm³/mol. The van der Waals surface area contributed by atoms with Gasteiger partial charge < -0.3 is 9.80 Å². The minimum absolute atomic E-state index is 0.890. The Morgan fingerprint density at radius 1 is 0.281 bits per heavy atom. The Morgan fingerprint density at radius 2 is 0.578 bits per heavy atom. The maximum atomic E-state index is 5.14. The van der Waals surface area contributed by atoms with E-state index in [0.717, 1.165) is 110 Å². The maximum Gasteiger partial charge on any atom is 0.101 e. The number of rotatable bonds is 6. The van der Waals surface area contributed by atoms with E-state index < -0.39 is 0 Å². The van der Waals surface area contributed by atoms with Crippen LogP contribution in [0.4, 0.5) is 66.9 Å². The van der Waals surface area contributed by atoms with Crippen molar-refractivity contribution in [2.24, 2.45) is 0 Å². The molecule has 8 heteroatoms. The summed E-state index contributed by atoms with van der Waals surface area (Å²) in [7, 11) is 0. The molecule has 13 rings (SSSR count). The van der Waals surface area contributed by atoms with Gasteiger partial charge in [0.05, 0.1) is 56.5 Å². The molecule has 0 unspecified atom stereocenters. The number of nitrogens with zero attached hydrogens (tertiary/aromatic N) is 6. The average Bonchev–Trinajstić information content (AvgIpc) is 4.05. The summed E-state index contributed by atoms with van der Waals surface area (Å²) in [5, 5.41) is 4.55. The molecule has 5 heterocycles. The van der Waals surface area contributed by atoms with Crippen LogP contribution in [0.5, 0.6) is 0 Å². The lowest BCUT2D eigenvalue weighted by atomic mass is 9.95. The topological polar surface area (TPSA) is 38.7 Å². The van der Waals surface area contributed by atoms with Gasteiger partial charge in [0, 0.05) is 44.6 Å². The smallest absolute Gasteiger partial charge is 0.101 e. The van der Waals surface area contributed by atoms with Crippen LogP contribution >= 0.6 is 22.7 Å². The van der Waals surface area contributed by atoms with Gasteiger partial charge in [-0.25, -0.2) is 0 Å². The van der Waals surface area contributed by atoms with E-state index in [4.69, 9.17) is 9.97 Å². The van der Waals surface area contributed by atoms with Crippen LogP contribution in [0.15, 0.2) is 219 Å². The molecule has 0 radical (unpaired) electrons. The van der Waals surface area contributed by atoms with Crippen molar-refractivity contribution in [3.05, 3.63) is 219 Å². The van der Waals surface area contributed by atoms with E-state index in [1.54, 1.807) is 22.7 Å². The molecular formula is C56H36N6S2.